The molecule has 0 radical (unpaired) electrons. The van der Waals surface area contributed by atoms with Crippen LogP contribution in [0.1, 0.15) is 51.6 Å². The average molecular weight is 407 g/mol. The molecule has 1 unspecified atom stereocenters. The van der Waals surface area contributed by atoms with Crippen molar-refractivity contribution >= 4 is 31.9 Å². The molecule has 0 aromatic heterocycles. The van der Waals surface area contributed by atoms with E-state index in [1.807, 2.05) is 0 Å². The second-order valence-electron chi connectivity index (χ2n) is 5.68. The zero-order chi connectivity index (χ0) is 15.2. The summed E-state index contributed by atoms with van der Waals surface area (Å²) >= 11 is 7.19. The van der Waals surface area contributed by atoms with Crippen LogP contribution in [0.3, 0.4) is 0 Å². The van der Waals surface area contributed by atoms with Crippen LogP contribution in [0.4, 0.5) is 0 Å². The molecule has 0 fully saturated rings. The average Bonchev–Trinajstić information content (AvgIpc) is 2.40. The quantitative estimate of drug-likeness (QED) is 0.618. The van der Waals surface area contributed by atoms with E-state index in [4.69, 9.17) is 4.74 Å². The highest BCUT2D eigenvalue weighted by Gasteiger charge is 2.21. The van der Waals surface area contributed by atoms with Gasteiger partial charge in [-0.1, -0.05) is 44.8 Å². The number of ether oxygens (including phenoxy) is 1. The fraction of sp³-hybridized carbons (Fsp3) is 0.625. The van der Waals surface area contributed by atoms with E-state index in [2.05, 4.69) is 76.1 Å². The van der Waals surface area contributed by atoms with Gasteiger partial charge in [-0.3, -0.25) is 0 Å². The Bertz CT molecular complexity index is 421. The minimum atomic E-state index is -0.0754. The molecule has 20 heavy (non-hydrogen) atoms. The Hall–Kier alpha value is 0.1000. The Labute approximate surface area is 139 Å². The second kappa shape index (κ2) is 8.52. The van der Waals surface area contributed by atoms with E-state index >= 15 is 0 Å². The molecule has 114 valence electrons. The van der Waals surface area contributed by atoms with E-state index in [0.717, 1.165) is 34.8 Å². The van der Waals surface area contributed by atoms with Crippen LogP contribution >= 0.6 is 31.9 Å². The van der Waals surface area contributed by atoms with Gasteiger partial charge < -0.3 is 10.1 Å². The summed E-state index contributed by atoms with van der Waals surface area (Å²) in [6.45, 7) is 7.50. The van der Waals surface area contributed by atoms with Gasteiger partial charge in [0.25, 0.3) is 0 Å². The molecule has 0 spiro atoms. The molecule has 1 aromatic rings. The van der Waals surface area contributed by atoms with Gasteiger partial charge in [0.15, 0.2) is 0 Å². The minimum Gasteiger partial charge on any atom is -0.379 e. The van der Waals surface area contributed by atoms with Crippen molar-refractivity contribution in [1.82, 2.24) is 5.32 Å². The molecule has 1 rings (SSSR count). The third-order valence-electron chi connectivity index (χ3n) is 3.57. The third kappa shape index (κ3) is 5.84. The van der Waals surface area contributed by atoms with Gasteiger partial charge in [-0.15, -0.1) is 0 Å². The van der Waals surface area contributed by atoms with Crippen LogP contribution in [0.5, 0.6) is 0 Å². The Balaban J connectivity index is 2.82. The molecule has 2 nitrogen and oxygen atoms in total. The summed E-state index contributed by atoms with van der Waals surface area (Å²) in [6, 6.07) is 6.74. The number of hydrogen-bond acceptors (Lipinski definition) is 2. The molecule has 4 heteroatoms. The van der Waals surface area contributed by atoms with Crippen LogP contribution in [0.15, 0.2) is 27.1 Å². The van der Waals surface area contributed by atoms with Crippen molar-refractivity contribution in [3.05, 3.63) is 32.7 Å². The molecule has 0 heterocycles. The van der Waals surface area contributed by atoms with Crippen LogP contribution in [-0.4, -0.2) is 19.3 Å². The molecule has 1 atom stereocenters. The molecule has 0 aliphatic carbocycles. The highest BCUT2D eigenvalue weighted by molar-refractivity contribution is 9.11. The van der Waals surface area contributed by atoms with E-state index in [1.54, 1.807) is 7.11 Å². The molecule has 0 saturated heterocycles. The van der Waals surface area contributed by atoms with Crippen molar-refractivity contribution < 1.29 is 4.74 Å². The first-order chi connectivity index (χ1) is 9.39. The molecule has 0 bridgehead atoms. The Kier molecular flexibility index (Phi) is 7.73. The predicted molar refractivity (Wildman–Crippen MR) is 93.2 cm³/mol. The summed E-state index contributed by atoms with van der Waals surface area (Å²) < 4.78 is 7.78. The summed E-state index contributed by atoms with van der Waals surface area (Å²) in [5.41, 5.74) is 1.24. The summed E-state index contributed by atoms with van der Waals surface area (Å²) in [4.78, 5) is 0. The number of hydrogen-bond donors (Lipinski definition) is 1. The van der Waals surface area contributed by atoms with Gasteiger partial charge in [0, 0.05) is 22.1 Å². The summed E-state index contributed by atoms with van der Waals surface area (Å²) in [7, 11) is 1.78. The van der Waals surface area contributed by atoms with Gasteiger partial charge in [-0.2, -0.15) is 0 Å². The van der Waals surface area contributed by atoms with Crippen molar-refractivity contribution in [2.45, 2.75) is 51.7 Å². The second-order valence-corrected chi connectivity index (χ2v) is 7.45. The van der Waals surface area contributed by atoms with Crippen LogP contribution < -0.4 is 5.32 Å². The lowest BCUT2D eigenvalue weighted by Gasteiger charge is -2.27. The minimum absolute atomic E-state index is 0.0754. The van der Waals surface area contributed by atoms with Crippen molar-refractivity contribution in [2.75, 3.05) is 13.7 Å². The van der Waals surface area contributed by atoms with E-state index in [1.165, 1.54) is 5.56 Å². The molecule has 0 aliphatic rings. The van der Waals surface area contributed by atoms with Crippen molar-refractivity contribution in [3.8, 4) is 0 Å². The normalized spacial score (nSPS) is 13.5. The van der Waals surface area contributed by atoms with Gasteiger partial charge in [0.2, 0.25) is 0 Å². The summed E-state index contributed by atoms with van der Waals surface area (Å²) in [5.74, 6) is 0. The lowest BCUT2D eigenvalue weighted by molar-refractivity contribution is 0.0116. The number of rotatable bonds is 8. The summed E-state index contributed by atoms with van der Waals surface area (Å²) in [6.07, 6.45) is 3.22. The third-order valence-corrected chi connectivity index (χ3v) is 4.75. The lowest BCUT2D eigenvalue weighted by Crippen LogP contribution is -2.28. The lowest BCUT2D eigenvalue weighted by atomic mass is 9.95. The van der Waals surface area contributed by atoms with Crippen molar-refractivity contribution in [2.24, 2.45) is 0 Å². The molecular formula is C16H25Br2NO. The number of benzene rings is 1. The molecule has 0 saturated carbocycles. The topological polar surface area (TPSA) is 21.3 Å². The first-order valence-electron chi connectivity index (χ1n) is 7.13. The van der Waals surface area contributed by atoms with E-state index in [-0.39, 0.29) is 5.60 Å². The highest BCUT2D eigenvalue weighted by Crippen LogP contribution is 2.31. The van der Waals surface area contributed by atoms with Crippen LogP contribution in [-0.2, 0) is 4.74 Å². The maximum Gasteiger partial charge on any atom is 0.0623 e. The van der Waals surface area contributed by atoms with Crippen LogP contribution in [0.25, 0.3) is 0 Å². The van der Waals surface area contributed by atoms with E-state index in [0.29, 0.717) is 6.04 Å². The van der Waals surface area contributed by atoms with Crippen molar-refractivity contribution in [3.63, 3.8) is 0 Å². The van der Waals surface area contributed by atoms with Gasteiger partial charge in [0.05, 0.1) is 5.60 Å². The standard InChI is InChI=1S/C16H25Br2NO/c1-5-10-19-15(8-9-16(2,3)20-4)13-7-6-12(17)11-14(13)18/h6-7,11,15,19H,5,8-10H2,1-4H3. The molecule has 1 aromatic carbocycles. The molecule has 0 aliphatic heterocycles. The van der Waals surface area contributed by atoms with Gasteiger partial charge in [-0.05, 0) is 57.4 Å². The smallest absolute Gasteiger partial charge is 0.0623 e. The van der Waals surface area contributed by atoms with Gasteiger partial charge in [0.1, 0.15) is 0 Å². The first kappa shape index (κ1) is 18.1. The zero-order valence-electron chi connectivity index (χ0n) is 12.8. The monoisotopic (exact) mass is 405 g/mol. The fourth-order valence-electron chi connectivity index (χ4n) is 2.06. The Morgan fingerprint density at radius 1 is 1.30 bits per heavy atom. The number of methoxy groups -OCH3 is 1. The highest BCUT2D eigenvalue weighted by atomic mass is 79.9. The Morgan fingerprint density at radius 2 is 2.00 bits per heavy atom. The van der Waals surface area contributed by atoms with Crippen LogP contribution in [0.2, 0.25) is 0 Å². The largest absolute Gasteiger partial charge is 0.379 e. The van der Waals surface area contributed by atoms with Crippen molar-refractivity contribution in [1.29, 1.82) is 0 Å². The fourth-order valence-corrected chi connectivity index (χ4v) is 3.39. The maximum absolute atomic E-state index is 5.53. The predicted octanol–water partition coefficient (Wildman–Crippen LogP) is 5.46. The van der Waals surface area contributed by atoms with E-state index in [9.17, 15) is 0 Å². The molecule has 1 N–H and O–H groups in total. The summed E-state index contributed by atoms with van der Waals surface area (Å²) in [5, 5.41) is 3.64. The number of halogens is 2. The number of nitrogens with one attached hydrogen (secondary N) is 1. The Morgan fingerprint density at radius 3 is 2.55 bits per heavy atom. The van der Waals surface area contributed by atoms with E-state index < -0.39 is 0 Å². The first-order valence-corrected chi connectivity index (χ1v) is 8.71. The zero-order valence-corrected chi connectivity index (χ0v) is 16.0. The van der Waals surface area contributed by atoms with Gasteiger partial charge in [-0.25, -0.2) is 0 Å². The van der Waals surface area contributed by atoms with Crippen LogP contribution in [0, 0.1) is 0 Å². The van der Waals surface area contributed by atoms with Gasteiger partial charge >= 0.3 is 0 Å². The maximum atomic E-state index is 5.53. The SMILES string of the molecule is CCCNC(CCC(C)(C)OC)c1ccc(Br)cc1Br. The molecular weight excluding hydrogens is 382 g/mol. The molecule has 0 amide bonds.